The number of fused-ring (bicyclic) bond motifs is 14. The Balaban J connectivity index is 1.08. The maximum atomic E-state index is 2.50. The van der Waals surface area contributed by atoms with Crippen LogP contribution in [0.5, 0.6) is 0 Å². The predicted octanol–water partition coefficient (Wildman–Crippen LogP) is 16.5. The van der Waals surface area contributed by atoms with Crippen molar-refractivity contribution in [2.24, 2.45) is 0 Å². The van der Waals surface area contributed by atoms with E-state index in [9.17, 15) is 0 Å². The van der Waals surface area contributed by atoms with Crippen molar-refractivity contribution in [3.8, 4) is 22.3 Å². The first-order valence-corrected chi connectivity index (χ1v) is 22.2. The molecule has 0 N–H and O–H groups in total. The van der Waals surface area contributed by atoms with Gasteiger partial charge >= 0.3 is 0 Å². The SMILES string of the molecule is c1ccc(N(c2ccc3c(c2)C2(c4ccccc4-3)c3ccccc3-c3c(N(c4ccccc4)c4cccc5ccccc45)cccc32)c2ccc3sc4ccccc4c3c2)cc1. The Bertz CT molecular complexity index is 3550. The highest BCUT2D eigenvalue weighted by Gasteiger charge is 2.52. The number of hydrogen-bond acceptors (Lipinski definition) is 3. The van der Waals surface area contributed by atoms with Crippen LogP contribution in [0.15, 0.2) is 231 Å². The summed E-state index contributed by atoms with van der Waals surface area (Å²) < 4.78 is 2.61. The second kappa shape index (κ2) is 13.7. The smallest absolute Gasteiger partial charge is 0.0727 e. The zero-order valence-electron chi connectivity index (χ0n) is 33.7. The minimum Gasteiger partial charge on any atom is -0.310 e. The molecule has 2 nitrogen and oxygen atoms in total. The molecule has 0 fully saturated rings. The van der Waals surface area contributed by atoms with Gasteiger partial charge in [-0.2, -0.15) is 0 Å². The monoisotopic (exact) mass is 806 g/mol. The molecule has 0 bridgehead atoms. The Hall–Kier alpha value is -7.72. The summed E-state index contributed by atoms with van der Waals surface area (Å²) in [6.07, 6.45) is 0. The zero-order valence-corrected chi connectivity index (χ0v) is 34.6. The summed E-state index contributed by atoms with van der Waals surface area (Å²) in [4.78, 5) is 4.93. The largest absolute Gasteiger partial charge is 0.310 e. The predicted molar refractivity (Wildman–Crippen MR) is 263 cm³/mol. The summed E-state index contributed by atoms with van der Waals surface area (Å²) in [6.45, 7) is 0. The molecule has 62 heavy (non-hydrogen) atoms. The van der Waals surface area contributed by atoms with Crippen LogP contribution in [-0.4, -0.2) is 0 Å². The van der Waals surface area contributed by atoms with Gasteiger partial charge in [0, 0.05) is 53.9 Å². The summed E-state index contributed by atoms with van der Waals surface area (Å²) in [5, 5.41) is 5.02. The molecular formula is C59H38N2S. The third-order valence-electron chi connectivity index (χ3n) is 13.2. The summed E-state index contributed by atoms with van der Waals surface area (Å²) in [5.74, 6) is 0. The summed E-state index contributed by atoms with van der Waals surface area (Å²) in [5.41, 5.74) is 16.6. The van der Waals surface area contributed by atoms with Crippen LogP contribution in [0.25, 0.3) is 53.2 Å². The highest BCUT2D eigenvalue weighted by atomic mass is 32.1. The van der Waals surface area contributed by atoms with Crippen LogP contribution in [0.2, 0.25) is 0 Å². The number of hydrogen-bond donors (Lipinski definition) is 0. The van der Waals surface area contributed by atoms with Gasteiger partial charge in [-0.15, -0.1) is 11.3 Å². The average molecular weight is 807 g/mol. The number of benzene rings is 10. The quantitative estimate of drug-likeness (QED) is 0.165. The fourth-order valence-corrected chi connectivity index (χ4v) is 11.8. The van der Waals surface area contributed by atoms with Gasteiger partial charge in [0.25, 0.3) is 0 Å². The first-order chi connectivity index (χ1) is 30.8. The Labute approximate surface area is 364 Å². The molecule has 0 amide bonds. The van der Waals surface area contributed by atoms with Gasteiger partial charge in [0.15, 0.2) is 0 Å². The van der Waals surface area contributed by atoms with Gasteiger partial charge in [-0.25, -0.2) is 0 Å². The van der Waals surface area contributed by atoms with E-state index in [0.29, 0.717) is 0 Å². The topological polar surface area (TPSA) is 6.48 Å². The van der Waals surface area contributed by atoms with Crippen molar-refractivity contribution in [3.05, 3.63) is 253 Å². The lowest BCUT2D eigenvalue weighted by Gasteiger charge is -2.33. The van der Waals surface area contributed by atoms with Gasteiger partial charge in [-0.3, -0.25) is 0 Å². The van der Waals surface area contributed by atoms with Gasteiger partial charge in [-0.05, 0) is 117 Å². The number of anilines is 6. The first kappa shape index (κ1) is 35.1. The third-order valence-corrected chi connectivity index (χ3v) is 14.4. The van der Waals surface area contributed by atoms with Gasteiger partial charge in [-0.1, -0.05) is 158 Å². The van der Waals surface area contributed by atoms with E-state index >= 15 is 0 Å². The third kappa shape index (κ3) is 4.97. The Kier molecular flexibility index (Phi) is 7.72. The van der Waals surface area contributed by atoms with E-state index in [0.717, 1.165) is 28.4 Å². The van der Waals surface area contributed by atoms with Crippen LogP contribution in [0, 0.1) is 0 Å². The molecule has 0 aliphatic heterocycles. The Morgan fingerprint density at radius 3 is 1.68 bits per heavy atom. The normalized spacial score (nSPS) is 14.5. The molecule has 2 aliphatic carbocycles. The first-order valence-electron chi connectivity index (χ1n) is 21.3. The molecule has 290 valence electrons. The number of thiophene rings is 1. The lowest BCUT2D eigenvalue weighted by molar-refractivity contribution is 0.793. The molecule has 0 radical (unpaired) electrons. The van der Waals surface area contributed by atoms with E-state index in [1.54, 1.807) is 0 Å². The molecule has 11 aromatic rings. The standard InChI is InChI=1S/C59H38N2S/c1-3-19-40(20-4-1)60(42-34-36-57-49(37-42)47-25-11-14-32-56(47)62-57)43-33-35-46-45-24-9-12-27-50(45)59(53(46)38-43)51-28-13-10-26-48(51)58-52(59)29-16-31-55(58)61(41-21-5-2-6-22-41)54-30-15-18-39-17-7-8-23-44(39)54/h1-38H. The van der Waals surface area contributed by atoms with Crippen molar-refractivity contribution in [2.75, 3.05) is 9.80 Å². The molecule has 2 aliphatic rings. The van der Waals surface area contributed by atoms with E-state index in [4.69, 9.17) is 0 Å². The van der Waals surface area contributed by atoms with Crippen molar-refractivity contribution < 1.29 is 0 Å². The second-order valence-corrected chi connectivity index (χ2v) is 17.5. The maximum absolute atomic E-state index is 2.50. The van der Waals surface area contributed by atoms with Crippen molar-refractivity contribution in [3.63, 3.8) is 0 Å². The summed E-state index contributed by atoms with van der Waals surface area (Å²) in [7, 11) is 0. The fraction of sp³-hybridized carbons (Fsp3) is 0.0169. The maximum Gasteiger partial charge on any atom is 0.0727 e. The number of rotatable bonds is 6. The minimum absolute atomic E-state index is 0.555. The molecule has 1 aromatic heterocycles. The molecule has 0 saturated carbocycles. The molecule has 0 saturated heterocycles. The Morgan fingerprint density at radius 2 is 0.855 bits per heavy atom. The molecule has 1 unspecified atom stereocenters. The molecule has 1 atom stereocenters. The summed E-state index contributed by atoms with van der Waals surface area (Å²) >= 11 is 1.86. The van der Waals surface area contributed by atoms with Gasteiger partial charge in [0.2, 0.25) is 0 Å². The molecule has 1 spiro atoms. The van der Waals surface area contributed by atoms with Gasteiger partial charge in [0.05, 0.1) is 16.8 Å². The molecular weight excluding hydrogens is 769 g/mol. The van der Waals surface area contributed by atoms with E-state index in [1.807, 2.05) is 11.3 Å². The van der Waals surface area contributed by atoms with Crippen LogP contribution in [-0.2, 0) is 5.41 Å². The number of para-hydroxylation sites is 2. The highest BCUT2D eigenvalue weighted by Crippen LogP contribution is 2.65. The molecule has 13 rings (SSSR count). The Morgan fingerprint density at radius 1 is 0.306 bits per heavy atom. The van der Waals surface area contributed by atoms with Crippen LogP contribution < -0.4 is 9.80 Å². The van der Waals surface area contributed by atoms with Crippen molar-refractivity contribution >= 4 is 76.4 Å². The van der Waals surface area contributed by atoms with Crippen molar-refractivity contribution in [2.45, 2.75) is 5.41 Å². The van der Waals surface area contributed by atoms with Crippen LogP contribution in [0.1, 0.15) is 22.3 Å². The molecule has 1 heterocycles. The van der Waals surface area contributed by atoms with E-state index < -0.39 is 5.41 Å². The fourth-order valence-electron chi connectivity index (χ4n) is 10.7. The van der Waals surface area contributed by atoms with E-state index in [2.05, 4.69) is 240 Å². The van der Waals surface area contributed by atoms with Crippen LogP contribution in [0.4, 0.5) is 34.1 Å². The van der Waals surface area contributed by atoms with E-state index in [-0.39, 0.29) is 0 Å². The van der Waals surface area contributed by atoms with Crippen LogP contribution >= 0.6 is 11.3 Å². The van der Waals surface area contributed by atoms with Crippen molar-refractivity contribution in [1.82, 2.24) is 0 Å². The average Bonchev–Trinajstić information content (AvgIpc) is 3.97. The summed E-state index contributed by atoms with van der Waals surface area (Å²) in [6, 6.07) is 85.4. The lowest BCUT2D eigenvalue weighted by atomic mass is 9.70. The van der Waals surface area contributed by atoms with E-state index in [1.165, 1.54) is 81.1 Å². The highest BCUT2D eigenvalue weighted by molar-refractivity contribution is 7.25. The molecule has 3 heteroatoms. The van der Waals surface area contributed by atoms with Gasteiger partial charge < -0.3 is 9.80 Å². The van der Waals surface area contributed by atoms with Crippen LogP contribution in [0.3, 0.4) is 0 Å². The van der Waals surface area contributed by atoms with Crippen molar-refractivity contribution in [1.29, 1.82) is 0 Å². The molecule has 10 aromatic carbocycles. The minimum atomic E-state index is -0.555. The zero-order chi connectivity index (χ0) is 40.8. The van der Waals surface area contributed by atoms with Gasteiger partial charge in [0.1, 0.15) is 0 Å². The second-order valence-electron chi connectivity index (χ2n) is 16.4. The number of nitrogens with zero attached hydrogens (tertiary/aromatic N) is 2. The lowest BCUT2D eigenvalue weighted by Crippen LogP contribution is -2.26.